The lowest BCUT2D eigenvalue weighted by atomic mass is 9.86. The predicted octanol–water partition coefficient (Wildman–Crippen LogP) is 6.56. The van der Waals surface area contributed by atoms with Crippen molar-refractivity contribution in [3.8, 4) is 40.0 Å². The number of nitrogens with zero attached hydrogens (tertiary/aromatic N) is 8. The van der Waals surface area contributed by atoms with Gasteiger partial charge in [0.15, 0.2) is 11.4 Å². The first-order valence-corrected chi connectivity index (χ1v) is 26.0. The Balaban J connectivity index is 0.764. The highest BCUT2D eigenvalue weighted by atomic mass is 16.6. The summed E-state index contributed by atoms with van der Waals surface area (Å²) in [6.45, 7) is 13.0. The van der Waals surface area contributed by atoms with Crippen molar-refractivity contribution in [2.75, 3.05) is 32.7 Å². The number of esters is 1. The van der Waals surface area contributed by atoms with E-state index >= 15 is 0 Å². The Morgan fingerprint density at radius 1 is 0.880 bits per heavy atom. The van der Waals surface area contributed by atoms with Crippen molar-refractivity contribution in [1.29, 1.82) is 0 Å². The highest BCUT2D eigenvalue weighted by molar-refractivity contribution is 5.92. The molecule has 392 valence electrons. The number of hydrogen-bond donors (Lipinski definition) is 5. The van der Waals surface area contributed by atoms with Gasteiger partial charge in [0.05, 0.1) is 34.6 Å². The molecule has 75 heavy (non-hydrogen) atoms. The number of piperidine rings is 2. The van der Waals surface area contributed by atoms with Gasteiger partial charge in [-0.2, -0.15) is 0 Å². The van der Waals surface area contributed by atoms with E-state index in [4.69, 9.17) is 9.72 Å². The number of nitrogens with one attached hydrogen (secondary N) is 1. The van der Waals surface area contributed by atoms with Gasteiger partial charge in [-0.15, -0.1) is 10.2 Å². The molecule has 3 aromatic heterocycles. The number of fused-ring (bicyclic) bond motifs is 5. The number of benzene rings is 3. The van der Waals surface area contributed by atoms with E-state index in [2.05, 4.69) is 20.4 Å². The summed E-state index contributed by atoms with van der Waals surface area (Å²) >= 11 is 0. The van der Waals surface area contributed by atoms with Gasteiger partial charge in [-0.3, -0.25) is 23.9 Å². The minimum Gasteiger partial charge on any atom is -0.508 e. The van der Waals surface area contributed by atoms with Gasteiger partial charge in [-0.1, -0.05) is 45.9 Å². The van der Waals surface area contributed by atoms with E-state index < -0.39 is 23.6 Å². The summed E-state index contributed by atoms with van der Waals surface area (Å²) in [4.78, 5) is 77.2. The number of hydrogen-bond acceptors (Lipinski definition) is 13. The Morgan fingerprint density at radius 3 is 2.27 bits per heavy atom. The number of ether oxygens (including phenoxy) is 1. The van der Waals surface area contributed by atoms with Crippen LogP contribution in [0.25, 0.3) is 39.4 Å². The molecule has 3 aromatic carbocycles. The van der Waals surface area contributed by atoms with Crippen LogP contribution in [0.2, 0.25) is 0 Å². The zero-order valence-electron chi connectivity index (χ0n) is 42.9. The van der Waals surface area contributed by atoms with Crippen molar-refractivity contribution >= 4 is 34.8 Å². The molecular formula is C56H63N9O10. The monoisotopic (exact) mass is 1020 g/mol. The minimum atomic E-state index is -1.92. The van der Waals surface area contributed by atoms with Gasteiger partial charge in [-0.25, -0.2) is 14.6 Å². The van der Waals surface area contributed by atoms with Crippen LogP contribution in [0, 0.1) is 5.92 Å². The zero-order chi connectivity index (χ0) is 53.0. The Bertz CT molecular complexity index is 3320. The molecule has 6 aromatic rings. The first-order valence-electron chi connectivity index (χ1n) is 26.0. The molecule has 0 aliphatic carbocycles. The second kappa shape index (κ2) is 20.2. The van der Waals surface area contributed by atoms with Crippen LogP contribution in [-0.2, 0) is 52.6 Å². The highest BCUT2D eigenvalue weighted by Crippen LogP contribution is 2.42. The van der Waals surface area contributed by atoms with Crippen molar-refractivity contribution < 1.29 is 44.3 Å². The quantitative estimate of drug-likeness (QED) is 0.0769. The molecule has 0 radical (unpaired) electrons. The Kier molecular flexibility index (Phi) is 13.7. The van der Waals surface area contributed by atoms with Crippen molar-refractivity contribution in [2.45, 2.75) is 117 Å². The van der Waals surface area contributed by atoms with E-state index in [1.54, 1.807) is 28.2 Å². The normalized spacial score (nSPS) is 18.0. The van der Waals surface area contributed by atoms with Gasteiger partial charge in [0.1, 0.15) is 18.1 Å². The molecule has 1 unspecified atom stereocenters. The summed E-state index contributed by atoms with van der Waals surface area (Å²) in [5.74, 6) is -1.16. The number of likely N-dealkylation sites (tertiary alicyclic amines) is 2. The summed E-state index contributed by atoms with van der Waals surface area (Å²) in [7, 11) is 0. The van der Waals surface area contributed by atoms with Gasteiger partial charge in [-0.05, 0) is 123 Å². The van der Waals surface area contributed by atoms with E-state index in [0.29, 0.717) is 92.0 Å². The number of amides is 3. The third kappa shape index (κ3) is 9.15. The smallest absolute Gasteiger partial charge is 0.407 e. The predicted molar refractivity (Wildman–Crippen MR) is 277 cm³/mol. The number of aromatic hydroxyl groups is 2. The maximum atomic E-state index is 13.9. The van der Waals surface area contributed by atoms with Crippen LogP contribution in [0.3, 0.4) is 0 Å². The molecule has 10 rings (SSSR count). The van der Waals surface area contributed by atoms with Crippen LogP contribution < -0.4 is 10.9 Å². The molecular weight excluding hydrogens is 959 g/mol. The van der Waals surface area contributed by atoms with Gasteiger partial charge < -0.3 is 44.8 Å². The maximum absolute atomic E-state index is 13.9. The van der Waals surface area contributed by atoms with Crippen LogP contribution in [0.5, 0.6) is 11.5 Å². The molecule has 1 atom stereocenters. The van der Waals surface area contributed by atoms with Gasteiger partial charge >= 0.3 is 12.1 Å². The summed E-state index contributed by atoms with van der Waals surface area (Å²) in [6, 6.07) is 17.9. The van der Waals surface area contributed by atoms with Gasteiger partial charge in [0.2, 0.25) is 11.7 Å². The first kappa shape index (κ1) is 50.9. The summed E-state index contributed by atoms with van der Waals surface area (Å²) in [6.07, 6.45) is 2.10. The molecule has 0 bridgehead atoms. The largest absolute Gasteiger partial charge is 0.508 e. The minimum absolute atomic E-state index is 0.0328. The molecule has 5 N–H and O–H groups in total. The number of carbonyl (C=O) groups is 4. The van der Waals surface area contributed by atoms with Crippen molar-refractivity contribution in [3.05, 3.63) is 116 Å². The van der Waals surface area contributed by atoms with Crippen molar-refractivity contribution in [2.24, 2.45) is 5.92 Å². The van der Waals surface area contributed by atoms with Gasteiger partial charge in [0.25, 0.3) is 11.5 Å². The second-order valence-corrected chi connectivity index (χ2v) is 20.5. The number of aromatic nitrogens is 5. The Morgan fingerprint density at radius 2 is 1.60 bits per heavy atom. The average Bonchev–Trinajstić information content (AvgIpc) is 4.08. The number of pyridine rings is 2. The highest BCUT2D eigenvalue weighted by Gasteiger charge is 2.46. The Labute approximate surface area is 433 Å². The third-order valence-electron chi connectivity index (χ3n) is 15.8. The molecule has 19 heteroatoms. The lowest BCUT2D eigenvalue weighted by molar-refractivity contribution is -0.172. The number of carboxylic acid groups (broad SMARTS) is 1. The maximum Gasteiger partial charge on any atom is 0.407 e. The lowest BCUT2D eigenvalue weighted by Gasteiger charge is -2.40. The summed E-state index contributed by atoms with van der Waals surface area (Å²) < 4.78 is 8.47. The average molecular weight is 1020 g/mol. The number of aryl methyl sites for hydroxylation is 1. The fourth-order valence-electron chi connectivity index (χ4n) is 11.6. The van der Waals surface area contributed by atoms with Crippen LogP contribution >= 0.6 is 0 Å². The molecule has 4 aliphatic heterocycles. The number of aliphatic hydroxyl groups is 1. The molecule has 4 aliphatic rings. The summed E-state index contributed by atoms with van der Waals surface area (Å²) in [5.41, 5.74) is 5.40. The Hall–Kier alpha value is -7.64. The number of rotatable bonds is 13. The molecule has 0 saturated carbocycles. The number of carbonyl (C=O) groups excluding carboxylic acids is 3. The van der Waals surface area contributed by atoms with Crippen LogP contribution in [0.1, 0.15) is 122 Å². The van der Waals surface area contributed by atoms with E-state index in [9.17, 15) is 44.4 Å². The fraction of sp³-hybridized carbons (Fsp3) is 0.429. The number of phenolic OH excluding ortho intramolecular Hbond substituents is 2. The molecule has 3 amide bonds. The van der Waals surface area contributed by atoms with E-state index in [1.807, 2.05) is 75.1 Å². The molecule has 19 nitrogen and oxygen atoms in total. The van der Waals surface area contributed by atoms with Crippen LogP contribution in [0.4, 0.5) is 4.79 Å². The van der Waals surface area contributed by atoms with Crippen LogP contribution in [0.15, 0.2) is 65.5 Å². The second-order valence-electron chi connectivity index (χ2n) is 20.5. The standard InChI is InChI=1S/C56H63N9O10/c1-6-37-39-23-33(11-14-44(39)58-48-41(37)29-64-45(48)25-43-42(53(64)70)30-75-54(71)56(43,74)7-2)28-63(55(72)73)35-17-21-62(22-18-35)52(69)34-15-19-61(20-16-34)27-32-9-12-36(13-10-32)65-49(59-60-50(65)51(68)57-8-3)40-24-38(31(4)5)46(66)26-47(40)67/h9-14,23-26,31,34-35,66-67,74H,6-8,15-22,27-30H2,1-5H3,(H,57,68)(H,72,73). The SMILES string of the molecule is CCNC(=O)c1nnc(-c2cc(C(C)C)c(O)cc2O)n1-c1ccc(CN2CCC(C(=O)N3CCC(N(Cc4ccc5nc6c(c(CC)c5c4)Cn4c-6cc5c(c4=O)COC(=O)C5(O)CC)C(=O)O)CC3)CC2)cc1. The van der Waals surface area contributed by atoms with Gasteiger partial charge in [0, 0.05) is 73.0 Å². The summed E-state index contributed by atoms with van der Waals surface area (Å²) in [5, 5.41) is 55.5. The molecule has 7 heterocycles. The molecule has 2 saturated heterocycles. The molecule has 2 fully saturated rings. The first-order chi connectivity index (χ1) is 36.0. The fourth-order valence-corrected chi connectivity index (χ4v) is 11.6. The van der Waals surface area contributed by atoms with Crippen molar-refractivity contribution in [3.63, 3.8) is 0 Å². The number of cyclic esters (lactones) is 1. The number of phenols is 2. The molecule has 0 spiro atoms. The van der Waals surface area contributed by atoms with E-state index in [1.165, 1.54) is 11.0 Å². The lowest BCUT2D eigenvalue weighted by Crippen LogP contribution is -2.50. The van der Waals surface area contributed by atoms with Crippen LogP contribution in [-0.4, -0.2) is 122 Å². The van der Waals surface area contributed by atoms with E-state index in [0.717, 1.165) is 40.7 Å². The van der Waals surface area contributed by atoms with E-state index in [-0.39, 0.29) is 89.7 Å². The third-order valence-corrected chi connectivity index (χ3v) is 15.8. The topological polar surface area (TPSA) is 246 Å². The van der Waals surface area contributed by atoms with Crippen molar-refractivity contribution in [1.82, 2.24) is 44.3 Å². The zero-order valence-corrected chi connectivity index (χ0v) is 42.9.